The number of anilines is 1. The SMILES string of the molecule is O=S(=O)(c1ccccc1OC(F)(F)F)N1CCC2(CCN(c3ccc(C(O)C(F)(F)F)cc3)C2)CC1. The van der Waals surface area contributed by atoms with Gasteiger partial charge in [-0.25, -0.2) is 8.42 Å². The number of benzene rings is 2. The van der Waals surface area contributed by atoms with E-state index in [4.69, 9.17) is 0 Å². The fraction of sp³-hybridized carbons (Fsp3) is 0.478. The third kappa shape index (κ3) is 5.57. The van der Waals surface area contributed by atoms with Gasteiger partial charge in [-0.2, -0.15) is 17.5 Å². The Morgan fingerprint density at radius 3 is 2.06 bits per heavy atom. The molecule has 2 aliphatic heterocycles. The van der Waals surface area contributed by atoms with Crippen LogP contribution in [0.1, 0.15) is 30.9 Å². The number of nitrogens with zero attached hydrogens (tertiary/aromatic N) is 2. The van der Waals surface area contributed by atoms with Gasteiger partial charge in [-0.1, -0.05) is 24.3 Å². The zero-order chi connectivity index (χ0) is 26.4. The lowest BCUT2D eigenvalue weighted by atomic mass is 9.78. The van der Waals surface area contributed by atoms with Gasteiger partial charge >= 0.3 is 12.5 Å². The maximum atomic E-state index is 13.1. The van der Waals surface area contributed by atoms with Crippen molar-refractivity contribution in [3.63, 3.8) is 0 Å². The molecule has 2 aromatic rings. The summed E-state index contributed by atoms with van der Waals surface area (Å²) < 4.78 is 108. The second-order valence-corrected chi connectivity index (χ2v) is 11.0. The molecular weight excluding hydrogens is 514 g/mol. The van der Waals surface area contributed by atoms with Crippen LogP contribution in [0.25, 0.3) is 0 Å². The lowest BCUT2D eigenvalue weighted by Crippen LogP contribution is -2.44. The highest BCUT2D eigenvalue weighted by Crippen LogP contribution is 2.44. The Hall–Kier alpha value is -2.51. The lowest BCUT2D eigenvalue weighted by Gasteiger charge is -2.38. The van der Waals surface area contributed by atoms with E-state index in [1.165, 1.54) is 36.4 Å². The number of aliphatic hydroxyl groups excluding tert-OH is 1. The van der Waals surface area contributed by atoms with Crippen molar-refractivity contribution in [2.45, 2.75) is 42.8 Å². The summed E-state index contributed by atoms with van der Waals surface area (Å²) in [6, 6.07) is 10.1. The van der Waals surface area contributed by atoms with Gasteiger partial charge in [0.05, 0.1) is 0 Å². The van der Waals surface area contributed by atoms with E-state index >= 15 is 0 Å². The van der Waals surface area contributed by atoms with Crippen LogP contribution < -0.4 is 9.64 Å². The molecule has 0 aromatic heterocycles. The zero-order valence-electron chi connectivity index (χ0n) is 18.9. The van der Waals surface area contributed by atoms with Crippen LogP contribution in [0, 0.1) is 5.41 Å². The minimum atomic E-state index is -5.03. The third-order valence-electron chi connectivity index (χ3n) is 6.80. The van der Waals surface area contributed by atoms with E-state index in [2.05, 4.69) is 4.74 Å². The average Bonchev–Trinajstić information content (AvgIpc) is 3.21. The van der Waals surface area contributed by atoms with Gasteiger partial charge in [-0.05, 0) is 54.5 Å². The molecule has 0 amide bonds. The number of halogens is 6. The van der Waals surface area contributed by atoms with E-state index < -0.39 is 39.3 Å². The van der Waals surface area contributed by atoms with Crippen LogP contribution in [0.15, 0.2) is 53.4 Å². The minimum absolute atomic E-state index is 0.118. The van der Waals surface area contributed by atoms with E-state index in [1.54, 1.807) is 0 Å². The molecule has 2 aromatic carbocycles. The quantitative estimate of drug-likeness (QED) is 0.551. The first kappa shape index (κ1) is 26.6. The van der Waals surface area contributed by atoms with Crippen LogP contribution in [0.4, 0.5) is 32.0 Å². The van der Waals surface area contributed by atoms with Crippen LogP contribution in [0.5, 0.6) is 5.75 Å². The van der Waals surface area contributed by atoms with Crippen LogP contribution in [0.3, 0.4) is 0 Å². The van der Waals surface area contributed by atoms with E-state index in [9.17, 15) is 39.9 Å². The first-order valence-electron chi connectivity index (χ1n) is 11.1. The predicted molar refractivity (Wildman–Crippen MR) is 118 cm³/mol. The van der Waals surface area contributed by atoms with Gasteiger partial charge in [0.2, 0.25) is 10.0 Å². The number of rotatable bonds is 5. The largest absolute Gasteiger partial charge is 0.573 e. The van der Waals surface area contributed by atoms with Crippen molar-refractivity contribution in [1.29, 1.82) is 0 Å². The molecule has 198 valence electrons. The molecule has 4 rings (SSSR count). The summed E-state index contributed by atoms with van der Waals surface area (Å²) >= 11 is 0. The maximum Gasteiger partial charge on any atom is 0.573 e. The number of ether oxygens (including phenoxy) is 1. The molecule has 2 aliphatic rings. The summed E-state index contributed by atoms with van der Waals surface area (Å²) in [5.74, 6) is -0.781. The summed E-state index contributed by atoms with van der Waals surface area (Å²) in [4.78, 5) is 1.45. The number of alkyl halides is 6. The molecule has 2 heterocycles. The average molecular weight is 539 g/mol. The number of hydrogen-bond donors (Lipinski definition) is 1. The molecule has 2 saturated heterocycles. The third-order valence-corrected chi connectivity index (χ3v) is 8.74. The topological polar surface area (TPSA) is 70.1 Å². The second-order valence-electron chi connectivity index (χ2n) is 9.11. The highest BCUT2D eigenvalue weighted by Gasteiger charge is 2.44. The van der Waals surface area contributed by atoms with Crippen molar-refractivity contribution >= 4 is 15.7 Å². The van der Waals surface area contributed by atoms with Gasteiger partial charge in [0.25, 0.3) is 0 Å². The Balaban J connectivity index is 1.42. The Morgan fingerprint density at radius 2 is 1.47 bits per heavy atom. The van der Waals surface area contributed by atoms with Crippen LogP contribution in [0.2, 0.25) is 0 Å². The maximum absolute atomic E-state index is 13.1. The number of hydrogen-bond acceptors (Lipinski definition) is 5. The molecule has 1 atom stereocenters. The van der Waals surface area contributed by atoms with Crippen molar-refractivity contribution in [3.05, 3.63) is 54.1 Å². The first-order chi connectivity index (χ1) is 16.7. The molecule has 6 nitrogen and oxygen atoms in total. The zero-order valence-corrected chi connectivity index (χ0v) is 19.7. The number of piperidine rings is 1. The summed E-state index contributed by atoms with van der Waals surface area (Å²) in [5.41, 5.74) is 0.213. The van der Waals surface area contributed by atoms with Gasteiger partial charge in [-0.3, -0.25) is 0 Å². The highest BCUT2D eigenvalue weighted by molar-refractivity contribution is 7.89. The number of para-hydroxylation sites is 1. The van der Waals surface area contributed by atoms with E-state index in [1.807, 2.05) is 4.90 Å². The fourth-order valence-electron chi connectivity index (χ4n) is 4.83. The molecule has 13 heteroatoms. The number of sulfonamides is 1. The molecule has 0 radical (unpaired) electrons. The van der Waals surface area contributed by atoms with Gasteiger partial charge < -0.3 is 14.7 Å². The Bertz CT molecular complexity index is 1180. The van der Waals surface area contributed by atoms with Gasteiger partial charge in [0.15, 0.2) is 6.10 Å². The normalized spacial score (nSPS) is 20.0. The van der Waals surface area contributed by atoms with E-state index in [0.29, 0.717) is 31.6 Å². The van der Waals surface area contributed by atoms with Gasteiger partial charge in [-0.15, -0.1) is 13.2 Å². The summed E-state index contributed by atoms with van der Waals surface area (Å²) in [6.07, 6.45) is -10.6. The minimum Gasteiger partial charge on any atom is -0.404 e. The van der Waals surface area contributed by atoms with Crippen LogP contribution in [-0.2, 0) is 10.0 Å². The van der Waals surface area contributed by atoms with Crippen molar-refractivity contribution in [2.75, 3.05) is 31.1 Å². The van der Waals surface area contributed by atoms with Crippen molar-refractivity contribution < 1.29 is 44.6 Å². The molecule has 1 N–H and O–H groups in total. The highest BCUT2D eigenvalue weighted by atomic mass is 32.2. The van der Waals surface area contributed by atoms with E-state index in [0.717, 1.165) is 22.9 Å². The van der Waals surface area contributed by atoms with E-state index in [-0.39, 0.29) is 24.1 Å². The molecule has 0 saturated carbocycles. The monoisotopic (exact) mass is 538 g/mol. The molecule has 1 spiro atoms. The lowest BCUT2D eigenvalue weighted by molar-refractivity contribution is -0.275. The molecular formula is C23H24F6N2O4S. The van der Waals surface area contributed by atoms with Crippen molar-refractivity contribution in [2.24, 2.45) is 5.41 Å². The van der Waals surface area contributed by atoms with Gasteiger partial charge in [0.1, 0.15) is 10.6 Å². The van der Waals surface area contributed by atoms with Crippen molar-refractivity contribution in [1.82, 2.24) is 4.31 Å². The molecule has 2 fully saturated rings. The van der Waals surface area contributed by atoms with Crippen LogP contribution >= 0.6 is 0 Å². The fourth-order valence-corrected chi connectivity index (χ4v) is 6.39. The van der Waals surface area contributed by atoms with Crippen LogP contribution in [-0.4, -0.2) is 56.5 Å². The second kappa shape index (κ2) is 9.42. The molecule has 0 aliphatic carbocycles. The summed E-state index contributed by atoms with van der Waals surface area (Å²) in [6.45, 7) is 1.42. The first-order valence-corrected chi connectivity index (χ1v) is 12.6. The molecule has 1 unspecified atom stereocenters. The molecule has 0 bridgehead atoms. The van der Waals surface area contributed by atoms with Crippen molar-refractivity contribution in [3.8, 4) is 5.75 Å². The Kier molecular flexibility index (Phi) is 6.95. The van der Waals surface area contributed by atoms with Gasteiger partial charge in [0, 0.05) is 31.9 Å². The number of aliphatic hydroxyl groups is 1. The smallest absolute Gasteiger partial charge is 0.404 e. The Morgan fingerprint density at radius 1 is 0.889 bits per heavy atom. The summed E-state index contributed by atoms with van der Waals surface area (Å²) in [7, 11) is -4.22. The Labute approximate surface area is 204 Å². The predicted octanol–water partition coefficient (Wildman–Crippen LogP) is 4.86. The summed E-state index contributed by atoms with van der Waals surface area (Å²) in [5, 5.41) is 9.40. The molecule has 36 heavy (non-hydrogen) atoms. The standard InChI is InChI=1S/C23H24F6N2O4S/c24-22(25,26)20(32)16-5-7-17(8-6-16)30-12-9-21(15-30)10-13-31(14-11-21)36(33,34)19-4-2-1-3-18(19)35-23(27,28)29/h1-8,20,32H,9-15H2.